The van der Waals surface area contributed by atoms with Crippen LogP contribution in [0.4, 0.5) is 18.9 Å². The summed E-state index contributed by atoms with van der Waals surface area (Å²) in [5.41, 5.74) is -4.69. The average Bonchev–Trinajstić information content (AvgIpc) is 2.83. The van der Waals surface area contributed by atoms with Crippen LogP contribution in [0.1, 0.15) is 19.3 Å². The van der Waals surface area contributed by atoms with E-state index < -0.39 is 20.2 Å². The van der Waals surface area contributed by atoms with Crippen LogP contribution in [0, 0.1) is 5.92 Å². The summed E-state index contributed by atoms with van der Waals surface area (Å²) in [6, 6.07) is 4.61. The second-order valence-corrected chi connectivity index (χ2v) is 7.52. The van der Waals surface area contributed by atoms with Crippen LogP contribution >= 0.6 is 0 Å². The average molecular weight is 337 g/mol. The fourth-order valence-corrected chi connectivity index (χ4v) is 3.46. The van der Waals surface area contributed by atoms with Gasteiger partial charge < -0.3 is 10.0 Å². The second kappa shape index (κ2) is 6.08. The molecule has 0 radical (unpaired) electrons. The molecule has 0 amide bonds. The van der Waals surface area contributed by atoms with Crippen LogP contribution in [0.15, 0.2) is 29.2 Å². The molecule has 1 aliphatic carbocycles. The Bertz CT molecular complexity index is 613. The molecule has 0 heterocycles. The van der Waals surface area contributed by atoms with Crippen LogP contribution in [0.3, 0.4) is 0 Å². The van der Waals surface area contributed by atoms with E-state index in [4.69, 9.17) is 0 Å². The molecule has 22 heavy (non-hydrogen) atoms. The van der Waals surface area contributed by atoms with Crippen LogP contribution in [-0.2, 0) is 9.84 Å². The smallest absolute Gasteiger partial charge is 0.393 e. The number of halogens is 3. The van der Waals surface area contributed by atoms with Gasteiger partial charge in [-0.25, -0.2) is 8.42 Å². The molecule has 1 fully saturated rings. The molecule has 1 aromatic rings. The van der Waals surface area contributed by atoms with Crippen LogP contribution < -0.4 is 4.90 Å². The molecule has 124 valence electrons. The van der Waals surface area contributed by atoms with E-state index in [1.54, 1.807) is 7.05 Å². The first-order valence-electron chi connectivity index (χ1n) is 6.93. The maximum Gasteiger partial charge on any atom is 0.501 e. The zero-order chi connectivity index (χ0) is 16.5. The topological polar surface area (TPSA) is 57.6 Å². The van der Waals surface area contributed by atoms with Crippen molar-refractivity contribution in [1.29, 1.82) is 0 Å². The van der Waals surface area contributed by atoms with Crippen molar-refractivity contribution < 1.29 is 26.7 Å². The molecule has 1 N–H and O–H groups in total. The summed E-state index contributed by atoms with van der Waals surface area (Å²) in [5.74, 6) is 0.128. The van der Waals surface area contributed by atoms with Crippen molar-refractivity contribution >= 4 is 15.5 Å². The van der Waals surface area contributed by atoms with E-state index >= 15 is 0 Å². The standard InChI is InChI=1S/C14H18F3NO3S/c1-18(9-10-3-2-4-13(10)19)11-5-7-12(8-6-11)22(20,21)14(15,16)17/h5-8,10,13,19H,2-4,9H2,1H3/t10-,13-/m1/s1. The Hall–Kier alpha value is -1.28. The summed E-state index contributed by atoms with van der Waals surface area (Å²) < 4.78 is 60.0. The molecule has 0 aromatic heterocycles. The number of sulfone groups is 1. The first kappa shape index (κ1) is 17.1. The van der Waals surface area contributed by atoms with Gasteiger partial charge in [-0.1, -0.05) is 6.42 Å². The van der Waals surface area contributed by atoms with Gasteiger partial charge in [0.05, 0.1) is 11.0 Å². The number of alkyl halides is 3. The van der Waals surface area contributed by atoms with Crippen molar-refractivity contribution in [1.82, 2.24) is 0 Å². The zero-order valence-electron chi connectivity index (χ0n) is 12.0. The summed E-state index contributed by atoms with van der Waals surface area (Å²) >= 11 is 0. The van der Waals surface area contributed by atoms with Crippen molar-refractivity contribution in [3.05, 3.63) is 24.3 Å². The minimum absolute atomic E-state index is 0.128. The molecule has 0 unspecified atom stereocenters. The summed E-state index contributed by atoms with van der Waals surface area (Å²) in [6.45, 7) is 0.576. The number of aliphatic hydroxyl groups is 1. The largest absolute Gasteiger partial charge is 0.501 e. The van der Waals surface area contributed by atoms with E-state index in [1.807, 2.05) is 4.90 Å². The maximum atomic E-state index is 12.5. The summed E-state index contributed by atoms with van der Waals surface area (Å²) in [7, 11) is -3.55. The normalized spacial score (nSPS) is 22.8. The lowest BCUT2D eigenvalue weighted by Gasteiger charge is -2.25. The lowest BCUT2D eigenvalue weighted by atomic mass is 10.1. The quantitative estimate of drug-likeness (QED) is 0.917. The Morgan fingerprint density at radius 1 is 1.23 bits per heavy atom. The van der Waals surface area contributed by atoms with Crippen molar-refractivity contribution in [2.45, 2.75) is 35.8 Å². The van der Waals surface area contributed by atoms with Gasteiger partial charge in [0.2, 0.25) is 0 Å². The molecule has 1 aliphatic rings. The number of benzene rings is 1. The number of aliphatic hydroxyl groups excluding tert-OH is 1. The Morgan fingerprint density at radius 3 is 2.27 bits per heavy atom. The van der Waals surface area contributed by atoms with E-state index in [-0.39, 0.29) is 12.0 Å². The summed E-state index contributed by atoms with van der Waals surface area (Å²) in [6.07, 6.45) is 2.28. The van der Waals surface area contributed by atoms with Gasteiger partial charge in [0.25, 0.3) is 9.84 Å². The molecule has 2 rings (SSSR count). The second-order valence-electron chi connectivity index (χ2n) is 5.58. The highest BCUT2D eigenvalue weighted by Crippen LogP contribution is 2.32. The Kier molecular flexibility index (Phi) is 4.72. The Balaban J connectivity index is 2.12. The first-order valence-corrected chi connectivity index (χ1v) is 8.42. The zero-order valence-corrected chi connectivity index (χ0v) is 12.9. The van der Waals surface area contributed by atoms with Gasteiger partial charge in [-0.3, -0.25) is 0 Å². The van der Waals surface area contributed by atoms with Gasteiger partial charge in [-0.15, -0.1) is 0 Å². The van der Waals surface area contributed by atoms with Crippen LogP contribution in [0.2, 0.25) is 0 Å². The van der Waals surface area contributed by atoms with Gasteiger partial charge in [-0.2, -0.15) is 13.2 Å². The Labute approximate surface area is 127 Å². The highest BCUT2D eigenvalue weighted by atomic mass is 32.2. The molecule has 8 heteroatoms. The lowest BCUT2D eigenvalue weighted by molar-refractivity contribution is -0.0436. The minimum atomic E-state index is -5.31. The molecule has 0 bridgehead atoms. The molecule has 2 atom stereocenters. The number of hydrogen-bond acceptors (Lipinski definition) is 4. The number of hydrogen-bond donors (Lipinski definition) is 1. The monoisotopic (exact) mass is 337 g/mol. The van der Waals surface area contributed by atoms with Crippen molar-refractivity contribution in [2.24, 2.45) is 5.92 Å². The lowest BCUT2D eigenvalue weighted by Crippen LogP contribution is -2.29. The Morgan fingerprint density at radius 2 is 1.82 bits per heavy atom. The molecular formula is C14H18F3NO3S. The van der Waals surface area contributed by atoms with Crippen molar-refractivity contribution in [3.8, 4) is 0 Å². The third-order valence-electron chi connectivity index (χ3n) is 4.02. The van der Waals surface area contributed by atoms with Gasteiger partial charge in [-0.05, 0) is 37.1 Å². The molecule has 0 saturated heterocycles. The highest BCUT2D eigenvalue weighted by molar-refractivity contribution is 7.92. The van der Waals surface area contributed by atoms with Crippen LogP contribution in [0.5, 0.6) is 0 Å². The van der Waals surface area contributed by atoms with Crippen LogP contribution in [-0.4, -0.2) is 38.7 Å². The van der Waals surface area contributed by atoms with E-state index in [0.717, 1.165) is 31.4 Å². The van der Waals surface area contributed by atoms with E-state index in [2.05, 4.69) is 0 Å². The SMILES string of the molecule is CN(C[C@H]1CCC[C@H]1O)c1ccc(S(=O)(=O)C(F)(F)F)cc1. The third kappa shape index (κ3) is 3.38. The van der Waals surface area contributed by atoms with Gasteiger partial charge in [0, 0.05) is 25.2 Å². The van der Waals surface area contributed by atoms with Crippen molar-refractivity contribution in [3.63, 3.8) is 0 Å². The first-order chi connectivity index (χ1) is 10.1. The van der Waals surface area contributed by atoms with E-state index in [0.29, 0.717) is 12.2 Å². The number of anilines is 1. The van der Waals surface area contributed by atoms with Gasteiger partial charge >= 0.3 is 5.51 Å². The molecule has 0 aliphatic heterocycles. The predicted molar refractivity (Wildman–Crippen MR) is 76.3 cm³/mol. The molecular weight excluding hydrogens is 319 g/mol. The number of nitrogens with zero attached hydrogens (tertiary/aromatic N) is 1. The predicted octanol–water partition coefficient (Wildman–Crippen LogP) is 2.58. The highest BCUT2D eigenvalue weighted by Gasteiger charge is 2.46. The summed E-state index contributed by atoms with van der Waals surface area (Å²) in [5, 5.41) is 9.79. The van der Waals surface area contributed by atoms with Crippen LogP contribution in [0.25, 0.3) is 0 Å². The van der Waals surface area contributed by atoms with Crippen molar-refractivity contribution in [2.75, 3.05) is 18.5 Å². The van der Waals surface area contributed by atoms with E-state index in [1.165, 1.54) is 12.1 Å². The summed E-state index contributed by atoms with van der Waals surface area (Å²) in [4.78, 5) is 1.04. The van der Waals surface area contributed by atoms with Gasteiger partial charge in [0.1, 0.15) is 0 Å². The molecule has 0 spiro atoms. The minimum Gasteiger partial charge on any atom is -0.393 e. The number of rotatable bonds is 4. The van der Waals surface area contributed by atoms with E-state index in [9.17, 15) is 26.7 Å². The fraction of sp³-hybridized carbons (Fsp3) is 0.571. The third-order valence-corrected chi connectivity index (χ3v) is 5.52. The van der Waals surface area contributed by atoms with Gasteiger partial charge in [0.15, 0.2) is 0 Å². The molecule has 1 saturated carbocycles. The molecule has 1 aromatic carbocycles. The fourth-order valence-electron chi connectivity index (χ4n) is 2.70. The maximum absolute atomic E-state index is 12.5. The molecule has 4 nitrogen and oxygen atoms in total.